The SMILES string of the molecule is C=NN1CCC(C(O)(c2ccccc2)c2ccccc2)CC1. The third-order valence-corrected chi connectivity index (χ3v) is 4.69. The van der Waals surface area contributed by atoms with Crippen LogP contribution in [-0.4, -0.2) is 29.9 Å². The lowest BCUT2D eigenvalue weighted by Crippen LogP contribution is -2.42. The van der Waals surface area contributed by atoms with Gasteiger partial charge in [-0.15, -0.1) is 0 Å². The molecule has 114 valence electrons. The van der Waals surface area contributed by atoms with E-state index in [-0.39, 0.29) is 5.92 Å². The second kappa shape index (κ2) is 6.32. The topological polar surface area (TPSA) is 35.8 Å². The molecule has 0 amide bonds. The zero-order chi connectivity index (χ0) is 15.4. The van der Waals surface area contributed by atoms with Gasteiger partial charge in [-0.3, -0.25) is 5.01 Å². The minimum atomic E-state index is -0.949. The molecular weight excluding hydrogens is 272 g/mol. The fourth-order valence-electron chi connectivity index (χ4n) is 3.45. The predicted molar refractivity (Wildman–Crippen MR) is 89.7 cm³/mol. The third kappa shape index (κ3) is 2.64. The second-order valence-corrected chi connectivity index (χ2v) is 5.87. The second-order valence-electron chi connectivity index (χ2n) is 5.87. The zero-order valence-electron chi connectivity index (χ0n) is 12.7. The lowest BCUT2D eigenvalue weighted by molar-refractivity contribution is -0.0137. The van der Waals surface area contributed by atoms with Gasteiger partial charge in [-0.1, -0.05) is 60.7 Å². The zero-order valence-corrected chi connectivity index (χ0v) is 12.7. The number of benzene rings is 2. The maximum absolute atomic E-state index is 11.7. The highest BCUT2D eigenvalue weighted by Gasteiger charge is 2.41. The van der Waals surface area contributed by atoms with Crippen LogP contribution in [0.1, 0.15) is 24.0 Å². The van der Waals surface area contributed by atoms with Crippen molar-refractivity contribution in [2.24, 2.45) is 11.0 Å². The lowest BCUT2D eigenvalue weighted by Gasteiger charge is -2.41. The number of hydrazone groups is 1. The Morgan fingerprint density at radius 3 is 1.77 bits per heavy atom. The Morgan fingerprint density at radius 1 is 0.909 bits per heavy atom. The summed E-state index contributed by atoms with van der Waals surface area (Å²) in [4.78, 5) is 0. The van der Waals surface area contributed by atoms with Gasteiger partial charge in [0.1, 0.15) is 5.60 Å². The van der Waals surface area contributed by atoms with E-state index < -0.39 is 5.60 Å². The maximum atomic E-state index is 11.7. The van der Waals surface area contributed by atoms with E-state index in [4.69, 9.17) is 0 Å². The van der Waals surface area contributed by atoms with Crippen molar-refractivity contribution in [1.29, 1.82) is 0 Å². The molecule has 0 atom stereocenters. The summed E-state index contributed by atoms with van der Waals surface area (Å²) in [6.45, 7) is 5.29. The van der Waals surface area contributed by atoms with Gasteiger partial charge in [0.15, 0.2) is 0 Å². The number of rotatable bonds is 4. The van der Waals surface area contributed by atoms with Crippen LogP contribution in [0.2, 0.25) is 0 Å². The number of piperidine rings is 1. The van der Waals surface area contributed by atoms with E-state index in [1.54, 1.807) is 0 Å². The molecule has 0 bridgehead atoms. The van der Waals surface area contributed by atoms with Gasteiger partial charge in [0.25, 0.3) is 0 Å². The van der Waals surface area contributed by atoms with Crippen LogP contribution >= 0.6 is 0 Å². The summed E-state index contributed by atoms with van der Waals surface area (Å²) < 4.78 is 0. The van der Waals surface area contributed by atoms with E-state index in [9.17, 15) is 5.11 Å². The number of nitrogens with zero attached hydrogens (tertiary/aromatic N) is 2. The number of hydrogen-bond acceptors (Lipinski definition) is 3. The molecule has 0 aromatic heterocycles. The Hall–Kier alpha value is -2.13. The van der Waals surface area contributed by atoms with Crippen molar-refractivity contribution in [3.8, 4) is 0 Å². The summed E-state index contributed by atoms with van der Waals surface area (Å²) in [5, 5.41) is 17.7. The Kier molecular flexibility index (Phi) is 4.25. The Morgan fingerprint density at radius 2 is 1.36 bits per heavy atom. The van der Waals surface area contributed by atoms with Crippen molar-refractivity contribution >= 4 is 6.72 Å². The van der Waals surface area contributed by atoms with Gasteiger partial charge in [-0.05, 0) is 29.9 Å². The van der Waals surface area contributed by atoms with E-state index in [1.165, 1.54) is 0 Å². The summed E-state index contributed by atoms with van der Waals surface area (Å²) in [7, 11) is 0. The minimum absolute atomic E-state index is 0.176. The van der Waals surface area contributed by atoms with Crippen LogP contribution in [0.4, 0.5) is 0 Å². The van der Waals surface area contributed by atoms with Gasteiger partial charge in [-0.2, -0.15) is 5.10 Å². The van der Waals surface area contributed by atoms with Crippen LogP contribution in [0.5, 0.6) is 0 Å². The number of aliphatic hydroxyl groups is 1. The molecule has 1 N–H and O–H groups in total. The first-order valence-electron chi connectivity index (χ1n) is 7.80. The first kappa shape index (κ1) is 14.8. The molecule has 0 aliphatic carbocycles. The van der Waals surface area contributed by atoms with E-state index in [2.05, 4.69) is 11.8 Å². The molecule has 2 aromatic rings. The number of hydrogen-bond donors (Lipinski definition) is 1. The van der Waals surface area contributed by atoms with Crippen LogP contribution in [0.25, 0.3) is 0 Å². The van der Waals surface area contributed by atoms with Crippen molar-refractivity contribution < 1.29 is 5.11 Å². The average molecular weight is 294 g/mol. The molecule has 1 aliphatic rings. The van der Waals surface area contributed by atoms with Crippen LogP contribution in [0.3, 0.4) is 0 Å². The lowest BCUT2D eigenvalue weighted by atomic mass is 9.72. The highest BCUT2D eigenvalue weighted by atomic mass is 16.3. The van der Waals surface area contributed by atoms with Crippen LogP contribution in [-0.2, 0) is 5.60 Å². The average Bonchev–Trinajstić information content (AvgIpc) is 2.62. The van der Waals surface area contributed by atoms with Crippen LogP contribution in [0, 0.1) is 5.92 Å². The van der Waals surface area contributed by atoms with E-state index in [0.29, 0.717) is 0 Å². The molecule has 3 heteroatoms. The van der Waals surface area contributed by atoms with Gasteiger partial charge in [0.2, 0.25) is 0 Å². The quantitative estimate of drug-likeness (QED) is 0.879. The van der Waals surface area contributed by atoms with Crippen molar-refractivity contribution in [3.05, 3.63) is 71.8 Å². The molecule has 0 unspecified atom stereocenters. The van der Waals surface area contributed by atoms with Crippen molar-refractivity contribution in [3.63, 3.8) is 0 Å². The standard InChI is InChI=1S/C19H22N2O/c1-20-21-14-12-18(13-15-21)19(22,16-8-4-2-5-9-16)17-10-6-3-7-11-17/h2-11,18,22H,1,12-15H2. The van der Waals surface area contributed by atoms with Gasteiger partial charge in [-0.25, -0.2) is 0 Å². The molecule has 22 heavy (non-hydrogen) atoms. The highest BCUT2D eigenvalue weighted by Crippen LogP contribution is 2.41. The molecule has 0 spiro atoms. The molecule has 0 radical (unpaired) electrons. The molecule has 1 heterocycles. The Labute approximate surface area is 131 Å². The maximum Gasteiger partial charge on any atom is 0.118 e. The summed E-state index contributed by atoms with van der Waals surface area (Å²) in [5.41, 5.74) is 0.980. The van der Waals surface area contributed by atoms with Gasteiger partial charge >= 0.3 is 0 Å². The molecule has 2 aromatic carbocycles. The van der Waals surface area contributed by atoms with Crippen molar-refractivity contribution in [2.75, 3.05) is 13.1 Å². The largest absolute Gasteiger partial charge is 0.380 e. The van der Waals surface area contributed by atoms with E-state index >= 15 is 0 Å². The van der Waals surface area contributed by atoms with Gasteiger partial charge < -0.3 is 5.11 Å². The Bertz CT molecular complexity index is 564. The summed E-state index contributed by atoms with van der Waals surface area (Å²) in [5.74, 6) is 0.176. The molecule has 1 fully saturated rings. The van der Waals surface area contributed by atoms with Crippen LogP contribution in [0.15, 0.2) is 65.8 Å². The molecule has 1 aliphatic heterocycles. The highest BCUT2D eigenvalue weighted by molar-refractivity contribution is 5.37. The third-order valence-electron chi connectivity index (χ3n) is 4.69. The van der Waals surface area contributed by atoms with Crippen molar-refractivity contribution in [1.82, 2.24) is 5.01 Å². The summed E-state index contributed by atoms with van der Waals surface area (Å²) >= 11 is 0. The monoisotopic (exact) mass is 294 g/mol. The first-order valence-corrected chi connectivity index (χ1v) is 7.80. The molecule has 3 rings (SSSR count). The normalized spacial score (nSPS) is 16.5. The molecular formula is C19H22N2O. The van der Waals surface area contributed by atoms with Gasteiger partial charge in [0.05, 0.1) is 0 Å². The fraction of sp³-hybridized carbons (Fsp3) is 0.316. The first-order chi connectivity index (χ1) is 10.7. The van der Waals surface area contributed by atoms with Crippen LogP contribution < -0.4 is 0 Å². The van der Waals surface area contributed by atoms with Crippen molar-refractivity contribution in [2.45, 2.75) is 18.4 Å². The Balaban J connectivity index is 1.99. The van der Waals surface area contributed by atoms with E-state index in [0.717, 1.165) is 37.1 Å². The molecule has 0 saturated carbocycles. The van der Waals surface area contributed by atoms with Gasteiger partial charge in [0, 0.05) is 19.8 Å². The van der Waals surface area contributed by atoms with E-state index in [1.807, 2.05) is 65.7 Å². The summed E-state index contributed by atoms with van der Waals surface area (Å²) in [6.07, 6.45) is 1.80. The minimum Gasteiger partial charge on any atom is -0.380 e. The smallest absolute Gasteiger partial charge is 0.118 e. The summed E-state index contributed by atoms with van der Waals surface area (Å²) in [6, 6.07) is 20.0. The predicted octanol–water partition coefficient (Wildman–Crippen LogP) is 3.25. The molecule has 1 saturated heterocycles. The fourth-order valence-corrected chi connectivity index (χ4v) is 3.45. The molecule has 3 nitrogen and oxygen atoms in total.